The van der Waals surface area contributed by atoms with Gasteiger partial charge in [0.15, 0.2) is 0 Å². The molecule has 0 N–H and O–H groups in total. The van der Waals surface area contributed by atoms with Crippen LogP contribution >= 0.6 is 0 Å². The molecule has 506 valence electrons. The fraction of sp³-hybridized carbons (Fsp3) is 0.204. The lowest BCUT2D eigenvalue weighted by atomic mass is 9.33. The van der Waals surface area contributed by atoms with Gasteiger partial charge < -0.3 is 23.5 Å². The Labute approximate surface area is 611 Å². The Hall–Kier alpha value is -11.1. The minimum atomic E-state index is -0.193. The van der Waals surface area contributed by atoms with Crippen molar-refractivity contribution < 1.29 is 0 Å². The maximum atomic E-state index is 3.02. The van der Waals surface area contributed by atoms with Crippen LogP contribution in [0.5, 0.6) is 0 Å². The van der Waals surface area contributed by atoms with Crippen LogP contribution < -0.4 is 26.2 Å². The van der Waals surface area contributed by atoms with E-state index in [1.165, 1.54) is 157 Å². The zero-order valence-electron chi connectivity index (χ0n) is 60.5. The first-order valence-electron chi connectivity index (χ1n) is 38.3. The summed E-state index contributed by atoms with van der Waals surface area (Å²) in [5.41, 5.74) is 29.9. The van der Waals surface area contributed by atoms with Gasteiger partial charge in [-0.1, -0.05) is 253 Å². The zero-order valence-corrected chi connectivity index (χ0v) is 60.5. The maximum Gasteiger partial charge on any atom is 0.252 e. The third kappa shape index (κ3) is 9.87. The van der Waals surface area contributed by atoms with Crippen LogP contribution in [-0.2, 0) is 5.41 Å². The summed E-state index contributed by atoms with van der Waals surface area (Å²) in [6.07, 6.45) is 19.6. The van der Waals surface area contributed by atoms with E-state index in [1.807, 2.05) is 0 Å². The van der Waals surface area contributed by atoms with E-state index in [1.54, 1.807) is 11.1 Å². The highest BCUT2D eigenvalue weighted by Gasteiger charge is 2.51. The molecular weight excluding hydrogens is 1260 g/mol. The fourth-order valence-corrected chi connectivity index (χ4v) is 19.5. The normalized spacial score (nSPS) is 18.2. The summed E-state index contributed by atoms with van der Waals surface area (Å²) < 4.78 is 7.74. The van der Waals surface area contributed by atoms with Crippen LogP contribution in [0.3, 0.4) is 0 Å². The molecule has 12 aromatic carbocycles. The predicted molar refractivity (Wildman–Crippen MR) is 443 cm³/mol. The molecule has 4 atom stereocenters. The fourth-order valence-electron chi connectivity index (χ4n) is 19.5. The van der Waals surface area contributed by atoms with E-state index in [-0.39, 0.29) is 29.5 Å². The van der Waals surface area contributed by atoms with E-state index in [0.29, 0.717) is 11.8 Å². The lowest BCUT2D eigenvalue weighted by Crippen LogP contribution is -2.64. The highest BCUT2D eigenvalue weighted by Crippen LogP contribution is 2.56. The molecule has 6 heteroatoms. The van der Waals surface area contributed by atoms with E-state index in [4.69, 9.17) is 0 Å². The average Bonchev–Trinajstić information content (AvgIpc) is 0.750. The molecule has 0 fully saturated rings. The highest BCUT2D eigenvalue weighted by molar-refractivity contribution is 7.00. The second kappa shape index (κ2) is 24.3. The van der Waals surface area contributed by atoms with Crippen molar-refractivity contribution >= 4 is 117 Å². The molecule has 0 bridgehead atoms. The number of anilines is 5. The molecule has 0 saturated carbocycles. The molecule has 0 radical (unpaired) electrons. The highest BCUT2D eigenvalue weighted by atomic mass is 15.2. The van der Waals surface area contributed by atoms with Gasteiger partial charge in [0.05, 0.1) is 50.5 Å². The summed E-state index contributed by atoms with van der Waals surface area (Å²) in [5, 5.41) is 7.53. The molecular formula is C98H86BN5. The van der Waals surface area contributed by atoms with Crippen LogP contribution in [0, 0.1) is 23.2 Å². The van der Waals surface area contributed by atoms with Gasteiger partial charge in [0.2, 0.25) is 0 Å². The van der Waals surface area contributed by atoms with Crippen LogP contribution in [0.4, 0.5) is 28.4 Å². The first kappa shape index (κ1) is 62.7. The Kier molecular flexibility index (Phi) is 14.6. The Morgan fingerprint density at radius 2 is 0.865 bits per heavy atom. The summed E-state index contributed by atoms with van der Waals surface area (Å²) in [4.78, 5) is 5.82. The number of para-hydroxylation sites is 6. The summed E-state index contributed by atoms with van der Waals surface area (Å²) in [5.74, 6) is 1.01. The van der Waals surface area contributed by atoms with E-state index < -0.39 is 0 Å². The van der Waals surface area contributed by atoms with E-state index in [2.05, 4.69) is 356 Å². The second-order valence-electron chi connectivity index (χ2n) is 32.5. The summed E-state index contributed by atoms with van der Waals surface area (Å²) in [6, 6.07) is 103. The number of hydrogen-bond acceptors (Lipinski definition) is 2. The second-order valence-corrected chi connectivity index (χ2v) is 32.5. The van der Waals surface area contributed by atoms with Crippen LogP contribution in [0.25, 0.3) is 105 Å². The minimum Gasteiger partial charge on any atom is -0.334 e. The van der Waals surface area contributed by atoms with Gasteiger partial charge in [-0.25, -0.2) is 0 Å². The van der Waals surface area contributed by atoms with Gasteiger partial charge >= 0.3 is 0 Å². The third-order valence-electron chi connectivity index (χ3n) is 24.5. The van der Waals surface area contributed by atoms with Gasteiger partial charge in [-0.15, -0.1) is 0 Å². The van der Waals surface area contributed by atoms with Crippen molar-refractivity contribution in [2.45, 2.75) is 104 Å². The number of benzene rings is 12. The zero-order chi connectivity index (χ0) is 69.7. The Morgan fingerprint density at radius 1 is 0.413 bits per heavy atom. The minimum absolute atomic E-state index is 0.00148. The van der Waals surface area contributed by atoms with Crippen molar-refractivity contribution in [3.63, 3.8) is 0 Å². The van der Waals surface area contributed by atoms with E-state index in [9.17, 15) is 0 Å². The van der Waals surface area contributed by atoms with E-state index in [0.717, 1.165) is 49.9 Å². The molecule has 3 aromatic heterocycles. The quantitative estimate of drug-likeness (QED) is 0.106. The SMILES string of the molecule is CC(C)(C)c1cc(-c2ccccc2)c(N2c3cc(-n4c5ccccc5c5ccccc54)ccc3B3c4ccc(-n5c6ccccc6c6ccccc65)cc4N(C4C(C5CC=CCC5)=CC(C(C)(C)C)CC4C4=CCCCC4)c4cc(-n5c6ccccc6c6ccccc65)cc2c43)c(-c2ccccc2)c1. The summed E-state index contributed by atoms with van der Waals surface area (Å²) in [7, 11) is 0. The molecule has 15 aromatic rings. The van der Waals surface area contributed by atoms with Crippen molar-refractivity contribution in [3.8, 4) is 39.3 Å². The molecule has 0 saturated heterocycles. The first-order valence-corrected chi connectivity index (χ1v) is 38.3. The Bertz CT molecular complexity index is 5860. The van der Waals surface area contributed by atoms with E-state index >= 15 is 0 Å². The molecule has 5 heterocycles. The Morgan fingerprint density at radius 3 is 1.33 bits per heavy atom. The number of fused-ring (bicyclic) bond motifs is 13. The number of hydrogen-bond donors (Lipinski definition) is 0. The average molecular weight is 1340 g/mol. The van der Waals surface area contributed by atoms with Crippen molar-refractivity contribution in [3.05, 3.63) is 308 Å². The van der Waals surface area contributed by atoms with Gasteiger partial charge in [0, 0.05) is 83.5 Å². The lowest BCUT2D eigenvalue weighted by Gasteiger charge is -2.53. The molecule has 0 spiro atoms. The molecule has 0 amide bonds. The number of allylic oxidation sites excluding steroid dienone is 4. The standard InChI is InChI=1S/C98H86BN5/c1-97(2,3)67-55-78(63-31-11-7-12-32-63)95(79(56-67)64-33-13-8-14-34-64)103-90-59-69(100-84-45-25-19-39-72(84)73-40-20-26-46-85(73)100)51-53-82(90)99-83-54-52-70(101-86-47-27-21-41-74(86)75-42-22-28-48-87(75)101)60-91(83)104(93-62-71(61-92(103)94(93)99)102-88-49-29-23-43-76(88)77-44-24-30-50-89(77)102)96-80(65-35-15-9-16-36-65)57-68(98(4,5)6)58-81(96)66-37-17-10-18-38-66/h7-9,11-15,19-34,37,39-57,59-62,65,68,81,96H,10,16-18,35-36,38,58H2,1-6H3. The van der Waals surface area contributed by atoms with Crippen LogP contribution in [0.15, 0.2) is 302 Å². The van der Waals surface area contributed by atoms with Crippen molar-refractivity contribution in [2.24, 2.45) is 23.2 Å². The topological polar surface area (TPSA) is 21.3 Å². The van der Waals surface area contributed by atoms with Crippen LogP contribution in [-0.4, -0.2) is 26.5 Å². The monoisotopic (exact) mass is 1340 g/mol. The number of aromatic nitrogens is 3. The van der Waals surface area contributed by atoms with Gasteiger partial charge in [-0.2, -0.15) is 0 Å². The molecule has 104 heavy (non-hydrogen) atoms. The van der Waals surface area contributed by atoms with Gasteiger partial charge in [-0.05, 0) is 198 Å². The number of rotatable bonds is 9. The predicted octanol–water partition coefficient (Wildman–Crippen LogP) is 24.2. The smallest absolute Gasteiger partial charge is 0.252 e. The molecule has 3 aliphatic carbocycles. The first-order chi connectivity index (χ1) is 50.9. The maximum absolute atomic E-state index is 3.02. The molecule has 4 unspecified atom stereocenters. The van der Waals surface area contributed by atoms with Crippen molar-refractivity contribution in [1.82, 2.24) is 13.7 Å². The van der Waals surface area contributed by atoms with Gasteiger partial charge in [0.25, 0.3) is 6.71 Å². The van der Waals surface area contributed by atoms with Gasteiger partial charge in [-0.3, -0.25) is 0 Å². The van der Waals surface area contributed by atoms with Crippen LogP contribution in [0.2, 0.25) is 0 Å². The van der Waals surface area contributed by atoms with Crippen molar-refractivity contribution in [2.75, 3.05) is 9.80 Å². The van der Waals surface area contributed by atoms with Crippen molar-refractivity contribution in [1.29, 1.82) is 0 Å². The Balaban J connectivity index is 0.985. The largest absolute Gasteiger partial charge is 0.334 e. The molecule has 2 aliphatic heterocycles. The van der Waals surface area contributed by atoms with Gasteiger partial charge in [0.1, 0.15) is 0 Å². The van der Waals surface area contributed by atoms with Crippen LogP contribution in [0.1, 0.15) is 98.5 Å². The molecule has 20 rings (SSSR count). The lowest BCUT2D eigenvalue weighted by molar-refractivity contribution is 0.220. The third-order valence-corrected chi connectivity index (χ3v) is 24.5. The molecule has 5 aliphatic rings. The summed E-state index contributed by atoms with van der Waals surface area (Å²) >= 11 is 0. The number of nitrogens with zero attached hydrogens (tertiary/aromatic N) is 5. The summed E-state index contributed by atoms with van der Waals surface area (Å²) in [6.45, 7) is 14.5. The molecule has 5 nitrogen and oxygen atoms in total.